The van der Waals surface area contributed by atoms with Gasteiger partial charge in [-0.25, -0.2) is 0 Å². The van der Waals surface area contributed by atoms with Crippen LogP contribution < -0.4 is 0 Å². The number of carboxylic acid groups (broad SMARTS) is 1. The summed E-state index contributed by atoms with van der Waals surface area (Å²) < 4.78 is 0. The molecule has 7 heteroatoms. The lowest BCUT2D eigenvalue weighted by molar-refractivity contribution is -0.137. The van der Waals surface area contributed by atoms with Gasteiger partial charge in [0, 0.05) is 29.5 Å². The van der Waals surface area contributed by atoms with Crippen LogP contribution in [0.4, 0.5) is 0 Å². The normalized spacial score (nSPS) is 9.87. The Morgan fingerprint density at radius 2 is 1.60 bits per heavy atom. The van der Waals surface area contributed by atoms with Crippen molar-refractivity contribution in [3.63, 3.8) is 0 Å². The lowest BCUT2D eigenvalue weighted by atomic mass is 10.3. The smallest absolute Gasteiger partial charge is 0.303 e. The fourth-order valence-corrected chi connectivity index (χ4v) is 2.90. The molecule has 0 atom stereocenters. The quantitative estimate of drug-likeness (QED) is 0.384. The van der Waals surface area contributed by atoms with Gasteiger partial charge in [-0.1, -0.05) is 21.6 Å². The first kappa shape index (κ1) is 14.4. The molecule has 0 spiro atoms. The number of nitroso groups, excluding NO2 is 1. The number of carbonyl (C=O) groups excluding carboxylic acids is 1. The number of hydrogen-bond donors (Lipinski definition) is 1. The van der Waals surface area contributed by atoms with E-state index < -0.39 is 11.9 Å². The van der Waals surface area contributed by atoms with Gasteiger partial charge in [0.05, 0.1) is 0 Å². The van der Waals surface area contributed by atoms with Gasteiger partial charge in [0.25, 0.3) is 5.91 Å². The minimum atomic E-state index is -0.775. The van der Waals surface area contributed by atoms with Gasteiger partial charge in [0.15, 0.2) is 0 Å². The Hall–Kier alpha value is -0.560. The number of carbonyl (C=O) groups is 2. The van der Waals surface area contributed by atoms with E-state index in [9.17, 15) is 14.5 Å². The van der Waals surface area contributed by atoms with Crippen LogP contribution in [0.1, 0.15) is 25.7 Å². The number of rotatable bonds is 9. The van der Waals surface area contributed by atoms with Gasteiger partial charge in [0.1, 0.15) is 0 Å². The molecule has 0 aliphatic rings. The van der Waals surface area contributed by atoms with Crippen LogP contribution in [0.15, 0.2) is 5.18 Å². The topological polar surface area (TPSA) is 83.8 Å². The zero-order chi connectivity index (χ0) is 11.5. The van der Waals surface area contributed by atoms with Crippen molar-refractivity contribution in [2.75, 3.05) is 11.5 Å². The average Bonchev–Trinajstić information content (AvgIpc) is 2.21. The number of carboxylic acids is 1. The lowest BCUT2D eigenvalue weighted by Crippen LogP contribution is -1.94. The van der Waals surface area contributed by atoms with Gasteiger partial charge >= 0.3 is 5.97 Å². The highest BCUT2D eigenvalue weighted by molar-refractivity contribution is 8.76. The first-order chi connectivity index (χ1) is 7.16. The van der Waals surface area contributed by atoms with Crippen LogP contribution in [0, 0.1) is 4.91 Å². The van der Waals surface area contributed by atoms with Crippen LogP contribution in [0.3, 0.4) is 0 Å². The predicted octanol–water partition coefficient (Wildman–Crippen LogP) is 2.31. The standard InChI is InChI=1S/C8H13NO4S2/c10-7(9-13)3-1-5-14-15-6-2-4-8(11)12/h1-6H2,(H,11,12). The van der Waals surface area contributed by atoms with Crippen LogP contribution in [0.2, 0.25) is 0 Å². The third-order valence-electron chi connectivity index (χ3n) is 1.42. The molecule has 5 nitrogen and oxygen atoms in total. The summed E-state index contributed by atoms with van der Waals surface area (Å²) in [6.45, 7) is 0. The minimum Gasteiger partial charge on any atom is -0.481 e. The van der Waals surface area contributed by atoms with Crippen molar-refractivity contribution in [2.24, 2.45) is 5.18 Å². The number of amides is 1. The molecule has 0 unspecified atom stereocenters. The summed E-state index contributed by atoms with van der Waals surface area (Å²) in [5.74, 6) is 0.185. The van der Waals surface area contributed by atoms with Crippen molar-refractivity contribution < 1.29 is 14.7 Å². The van der Waals surface area contributed by atoms with Gasteiger partial charge < -0.3 is 5.11 Å². The highest BCUT2D eigenvalue weighted by Crippen LogP contribution is 2.23. The van der Waals surface area contributed by atoms with Crippen LogP contribution in [0.5, 0.6) is 0 Å². The molecule has 0 bridgehead atoms. The SMILES string of the molecule is O=NC(=O)CCCSSCCCC(=O)O. The second-order valence-corrected chi connectivity index (χ2v) is 5.43. The van der Waals surface area contributed by atoms with Crippen molar-refractivity contribution in [3.8, 4) is 0 Å². The lowest BCUT2D eigenvalue weighted by Gasteiger charge is -1.98. The molecule has 0 aromatic carbocycles. The predicted molar refractivity (Wildman–Crippen MR) is 61.8 cm³/mol. The molecule has 86 valence electrons. The Morgan fingerprint density at radius 1 is 1.07 bits per heavy atom. The molecule has 0 radical (unpaired) electrons. The maximum absolute atomic E-state index is 10.5. The summed E-state index contributed by atoms with van der Waals surface area (Å²) in [4.78, 5) is 30.3. The van der Waals surface area contributed by atoms with Crippen LogP contribution in [0.25, 0.3) is 0 Å². The van der Waals surface area contributed by atoms with Gasteiger partial charge in [-0.3, -0.25) is 9.59 Å². The molecule has 0 aromatic heterocycles. The van der Waals surface area contributed by atoms with E-state index in [1.165, 1.54) is 0 Å². The third kappa shape index (κ3) is 11.4. The average molecular weight is 251 g/mol. The van der Waals surface area contributed by atoms with E-state index in [1.54, 1.807) is 21.6 Å². The first-order valence-electron chi connectivity index (χ1n) is 4.49. The second-order valence-electron chi connectivity index (χ2n) is 2.73. The summed E-state index contributed by atoms with van der Waals surface area (Å²) in [6, 6.07) is 0. The highest BCUT2D eigenvalue weighted by atomic mass is 33.1. The van der Waals surface area contributed by atoms with E-state index in [-0.39, 0.29) is 12.8 Å². The summed E-state index contributed by atoms with van der Waals surface area (Å²) >= 11 is 0. The van der Waals surface area contributed by atoms with Crippen molar-refractivity contribution in [3.05, 3.63) is 4.91 Å². The number of hydrogen-bond acceptors (Lipinski definition) is 5. The second kappa shape index (κ2) is 9.97. The Balaban J connectivity index is 3.08. The molecular weight excluding hydrogens is 238 g/mol. The molecule has 0 aromatic rings. The summed E-state index contributed by atoms with van der Waals surface area (Å²) in [5, 5.41) is 10.6. The Morgan fingerprint density at radius 3 is 2.07 bits per heavy atom. The molecule has 1 amide bonds. The van der Waals surface area contributed by atoms with Crippen molar-refractivity contribution in [1.82, 2.24) is 0 Å². The van der Waals surface area contributed by atoms with Crippen molar-refractivity contribution in [2.45, 2.75) is 25.7 Å². The fourth-order valence-electron chi connectivity index (χ4n) is 0.728. The Kier molecular flexibility index (Phi) is 9.60. The molecule has 15 heavy (non-hydrogen) atoms. The Bertz CT molecular complexity index is 223. The molecule has 0 saturated carbocycles. The summed E-state index contributed by atoms with van der Waals surface area (Å²) in [5.41, 5.74) is 0. The van der Waals surface area contributed by atoms with E-state index in [4.69, 9.17) is 5.11 Å². The van der Waals surface area contributed by atoms with E-state index in [1.807, 2.05) is 0 Å². The molecule has 0 saturated heterocycles. The first-order valence-corrected chi connectivity index (χ1v) is 6.98. The van der Waals surface area contributed by atoms with Crippen LogP contribution in [-0.4, -0.2) is 28.5 Å². The van der Waals surface area contributed by atoms with Gasteiger partial charge in [-0.2, -0.15) is 0 Å². The van der Waals surface area contributed by atoms with Crippen molar-refractivity contribution in [1.29, 1.82) is 0 Å². The number of aliphatic carboxylic acids is 1. The van der Waals surface area contributed by atoms with Crippen LogP contribution >= 0.6 is 21.6 Å². The molecule has 0 rings (SSSR count). The molecule has 0 fully saturated rings. The Labute approximate surface area is 95.8 Å². The molecule has 0 aliphatic carbocycles. The van der Waals surface area contributed by atoms with Gasteiger partial charge in [0.2, 0.25) is 0 Å². The highest BCUT2D eigenvalue weighted by Gasteiger charge is 2.00. The summed E-state index contributed by atoms with van der Waals surface area (Å²) in [6.07, 6.45) is 1.69. The summed E-state index contributed by atoms with van der Waals surface area (Å²) in [7, 11) is 3.17. The molecule has 1 N–H and O–H groups in total. The molecular formula is C8H13NO4S2. The van der Waals surface area contributed by atoms with E-state index in [0.717, 1.165) is 11.5 Å². The largest absolute Gasteiger partial charge is 0.481 e. The number of nitrogens with zero attached hydrogens (tertiary/aromatic N) is 1. The van der Waals surface area contributed by atoms with Crippen LogP contribution in [-0.2, 0) is 9.59 Å². The maximum Gasteiger partial charge on any atom is 0.303 e. The molecule has 0 heterocycles. The van der Waals surface area contributed by atoms with Gasteiger partial charge in [-0.15, -0.1) is 4.91 Å². The fraction of sp³-hybridized carbons (Fsp3) is 0.750. The molecule has 0 aliphatic heterocycles. The van der Waals surface area contributed by atoms with E-state index >= 15 is 0 Å². The zero-order valence-electron chi connectivity index (χ0n) is 8.18. The van der Waals surface area contributed by atoms with E-state index in [2.05, 4.69) is 5.18 Å². The van der Waals surface area contributed by atoms with Gasteiger partial charge in [-0.05, 0) is 12.8 Å². The monoisotopic (exact) mass is 251 g/mol. The third-order valence-corrected chi connectivity index (χ3v) is 4.00. The van der Waals surface area contributed by atoms with E-state index in [0.29, 0.717) is 12.8 Å². The minimum absolute atomic E-state index is 0.196. The zero-order valence-corrected chi connectivity index (χ0v) is 9.81. The van der Waals surface area contributed by atoms with Crippen molar-refractivity contribution >= 4 is 33.5 Å². The maximum atomic E-state index is 10.5.